The number of benzene rings is 1. The van der Waals surface area contributed by atoms with E-state index in [1.807, 2.05) is 18.2 Å². The average molecular weight is 288 g/mol. The summed E-state index contributed by atoms with van der Waals surface area (Å²) in [6, 6.07) is 5.98. The smallest absolute Gasteiger partial charge is 0.242 e. The zero-order valence-electron chi connectivity index (χ0n) is 12.1. The Labute approximate surface area is 123 Å². The molecule has 21 heavy (non-hydrogen) atoms. The van der Waals surface area contributed by atoms with Gasteiger partial charge in [-0.15, -0.1) is 5.10 Å². The fourth-order valence-electron chi connectivity index (χ4n) is 2.58. The molecule has 112 valence electrons. The molecule has 1 heterocycles. The highest BCUT2D eigenvalue weighted by Gasteiger charge is 2.18. The molecule has 6 nitrogen and oxygen atoms in total. The van der Waals surface area contributed by atoms with E-state index in [1.165, 1.54) is 12.8 Å². The van der Waals surface area contributed by atoms with Crippen LogP contribution in [0.3, 0.4) is 0 Å². The van der Waals surface area contributed by atoms with Crippen molar-refractivity contribution in [3.8, 4) is 11.5 Å². The van der Waals surface area contributed by atoms with Gasteiger partial charge in [-0.3, -0.25) is 5.10 Å². The molecule has 0 unspecified atom stereocenters. The Morgan fingerprint density at radius 3 is 2.86 bits per heavy atom. The number of ether oxygens (including phenoxy) is 2. The lowest BCUT2D eigenvalue weighted by Crippen LogP contribution is -2.12. The molecule has 1 aliphatic carbocycles. The first-order valence-corrected chi connectivity index (χ1v) is 7.28. The molecule has 6 heteroatoms. The van der Waals surface area contributed by atoms with Crippen molar-refractivity contribution in [3.05, 3.63) is 30.1 Å². The van der Waals surface area contributed by atoms with Crippen LogP contribution in [0.25, 0.3) is 0 Å². The van der Waals surface area contributed by atoms with Crippen molar-refractivity contribution in [1.82, 2.24) is 15.2 Å². The summed E-state index contributed by atoms with van der Waals surface area (Å²) in [5, 5.41) is 9.79. The highest BCUT2D eigenvalue weighted by Crippen LogP contribution is 2.32. The van der Waals surface area contributed by atoms with Crippen LogP contribution in [-0.4, -0.2) is 28.4 Å². The minimum absolute atomic E-state index is 0.315. The van der Waals surface area contributed by atoms with Gasteiger partial charge in [0.05, 0.1) is 13.2 Å². The summed E-state index contributed by atoms with van der Waals surface area (Å²) < 4.78 is 11.5. The van der Waals surface area contributed by atoms with E-state index >= 15 is 0 Å². The van der Waals surface area contributed by atoms with Gasteiger partial charge in [-0.2, -0.15) is 0 Å². The summed E-state index contributed by atoms with van der Waals surface area (Å²) in [4.78, 5) is 4.04. The van der Waals surface area contributed by atoms with Gasteiger partial charge in [0.2, 0.25) is 5.95 Å². The van der Waals surface area contributed by atoms with Gasteiger partial charge in [0.25, 0.3) is 0 Å². The summed E-state index contributed by atoms with van der Waals surface area (Å²) in [6.45, 7) is 0.642. The van der Waals surface area contributed by atoms with E-state index in [1.54, 1.807) is 13.4 Å². The highest BCUT2D eigenvalue weighted by molar-refractivity contribution is 5.44. The molecule has 2 N–H and O–H groups in total. The molecular formula is C15H20N4O2. The predicted octanol–water partition coefficient (Wildman–Crippen LogP) is 2.75. The van der Waals surface area contributed by atoms with E-state index in [9.17, 15) is 0 Å². The number of hydrogen-bond acceptors (Lipinski definition) is 5. The summed E-state index contributed by atoms with van der Waals surface area (Å²) in [5.74, 6) is 2.19. The van der Waals surface area contributed by atoms with Crippen molar-refractivity contribution in [2.24, 2.45) is 0 Å². The lowest BCUT2D eigenvalue weighted by Gasteiger charge is -2.17. The fourth-order valence-corrected chi connectivity index (χ4v) is 2.58. The lowest BCUT2D eigenvalue weighted by molar-refractivity contribution is 0.200. The quantitative estimate of drug-likeness (QED) is 0.855. The molecule has 1 fully saturated rings. The Morgan fingerprint density at radius 1 is 1.29 bits per heavy atom. The summed E-state index contributed by atoms with van der Waals surface area (Å²) >= 11 is 0. The topological polar surface area (TPSA) is 72.1 Å². The van der Waals surface area contributed by atoms with Crippen molar-refractivity contribution < 1.29 is 9.47 Å². The van der Waals surface area contributed by atoms with Crippen LogP contribution in [0, 0.1) is 0 Å². The van der Waals surface area contributed by atoms with E-state index in [0.717, 1.165) is 29.9 Å². The van der Waals surface area contributed by atoms with Crippen molar-refractivity contribution in [2.75, 3.05) is 12.4 Å². The number of rotatable bonds is 6. The third-order valence-corrected chi connectivity index (χ3v) is 3.69. The first-order valence-electron chi connectivity index (χ1n) is 7.28. The zero-order valence-corrected chi connectivity index (χ0v) is 12.1. The van der Waals surface area contributed by atoms with Crippen LogP contribution in [0.4, 0.5) is 5.95 Å². The number of methoxy groups -OCH3 is 1. The number of nitrogens with one attached hydrogen (secondary N) is 2. The molecule has 1 saturated carbocycles. The second-order valence-electron chi connectivity index (χ2n) is 5.19. The highest BCUT2D eigenvalue weighted by atomic mass is 16.5. The summed E-state index contributed by atoms with van der Waals surface area (Å²) in [7, 11) is 1.67. The molecular weight excluding hydrogens is 268 g/mol. The zero-order chi connectivity index (χ0) is 14.5. The van der Waals surface area contributed by atoms with Crippen LogP contribution in [0.5, 0.6) is 11.5 Å². The minimum Gasteiger partial charge on any atom is -0.493 e. The maximum absolute atomic E-state index is 6.08. The van der Waals surface area contributed by atoms with Gasteiger partial charge in [0.15, 0.2) is 11.5 Å². The van der Waals surface area contributed by atoms with Crippen LogP contribution in [-0.2, 0) is 6.54 Å². The van der Waals surface area contributed by atoms with Crippen LogP contribution in [0.15, 0.2) is 24.5 Å². The Morgan fingerprint density at radius 2 is 2.14 bits per heavy atom. The number of aromatic nitrogens is 3. The molecule has 0 bridgehead atoms. The van der Waals surface area contributed by atoms with Gasteiger partial charge in [-0.25, -0.2) is 4.98 Å². The number of hydrogen-bond donors (Lipinski definition) is 2. The average Bonchev–Trinajstić information content (AvgIpc) is 3.18. The van der Waals surface area contributed by atoms with Gasteiger partial charge < -0.3 is 14.8 Å². The Balaban J connectivity index is 1.69. The maximum atomic E-state index is 6.08. The predicted molar refractivity (Wildman–Crippen MR) is 79.6 cm³/mol. The van der Waals surface area contributed by atoms with Gasteiger partial charge in [0.1, 0.15) is 6.33 Å². The molecule has 0 atom stereocenters. The molecule has 3 rings (SSSR count). The van der Waals surface area contributed by atoms with E-state index in [-0.39, 0.29) is 0 Å². The van der Waals surface area contributed by atoms with E-state index in [4.69, 9.17) is 9.47 Å². The first-order chi connectivity index (χ1) is 10.3. The molecule has 0 spiro atoms. The molecule has 1 aromatic heterocycles. The van der Waals surface area contributed by atoms with Gasteiger partial charge in [-0.1, -0.05) is 6.07 Å². The Hall–Kier alpha value is -2.24. The van der Waals surface area contributed by atoms with E-state index in [2.05, 4.69) is 20.5 Å². The van der Waals surface area contributed by atoms with Crippen LogP contribution in [0.2, 0.25) is 0 Å². The largest absolute Gasteiger partial charge is 0.493 e. The SMILES string of the molecule is COc1ccc(CNc2nc[nH]n2)cc1OC1CCCC1. The van der Waals surface area contributed by atoms with Crippen LogP contribution in [0.1, 0.15) is 31.2 Å². The Kier molecular flexibility index (Phi) is 4.23. The van der Waals surface area contributed by atoms with Gasteiger partial charge in [-0.05, 0) is 43.4 Å². The number of nitrogens with zero attached hydrogens (tertiary/aromatic N) is 2. The number of aromatic amines is 1. The molecule has 0 radical (unpaired) electrons. The summed E-state index contributed by atoms with van der Waals surface area (Å²) in [6.07, 6.45) is 6.62. The molecule has 0 saturated heterocycles. The first kappa shape index (κ1) is 13.7. The lowest BCUT2D eigenvalue weighted by atomic mass is 10.2. The fraction of sp³-hybridized carbons (Fsp3) is 0.467. The number of H-pyrrole nitrogens is 1. The maximum Gasteiger partial charge on any atom is 0.242 e. The normalized spacial score (nSPS) is 15.1. The van der Waals surface area contributed by atoms with Crippen LogP contribution < -0.4 is 14.8 Å². The van der Waals surface area contributed by atoms with Crippen molar-refractivity contribution in [3.63, 3.8) is 0 Å². The number of anilines is 1. The second-order valence-corrected chi connectivity index (χ2v) is 5.19. The van der Waals surface area contributed by atoms with E-state index in [0.29, 0.717) is 18.6 Å². The molecule has 0 amide bonds. The summed E-state index contributed by atoms with van der Waals surface area (Å²) in [5.41, 5.74) is 1.11. The van der Waals surface area contributed by atoms with E-state index < -0.39 is 0 Å². The standard InChI is InChI=1S/C15H20N4O2/c1-20-13-7-6-11(9-16-15-17-10-18-19-15)8-14(13)21-12-4-2-3-5-12/h6-8,10,12H,2-5,9H2,1H3,(H2,16,17,18,19). The van der Waals surface area contributed by atoms with Crippen molar-refractivity contribution >= 4 is 5.95 Å². The van der Waals surface area contributed by atoms with Gasteiger partial charge in [0, 0.05) is 6.54 Å². The third-order valence-electron chi connectivity index (χ3n) is 3.69. The monoisotopic (exact) mass is 288 g/mol. The molecule has 1 aliphatic rings. The van der Waals surface area contributed by atoms with Crippen molar-refractivity contribution in [1.29, 1.82) is 0 Å². The molecule has 1 aromatic carbocycles. The van der Waals surface area contributed by atoms with Crippen LogP contribution >= 0.6 is 0 Å². The molecule has 0 aliphatic heterocycles. The van der Waals surface area contributed by atoms with Crippen molar-refractivity contribution in [2.45, 2.75) is 38.3 Å². The second kappa shape index (κ2) is 6.47. The minimum atomic E-state index is 0.315. The van der Waals surface area contributed by atoms with Gasteiger partial charge >= 0.3 is 0 Å². The molecule has 2 aromatic rings. The third kappa shape index (κ3) is 3.45. The Bertz CT molecular complexity index is 565.